The first-order chi connectivity index (χ1) is 9.24. The first kappa shape index (κ1) is 12.2. The van der Waals surface area contributed by atoms with Crippen molar-refractivity contribution in [2.24, 2.45) is 0 Å². The van der Waals surface area contributed by atoms with E-state index in [9.17, 15) is 4.79 Å². The number of benzene rings is 1. The first-order valence-corrected chi connectivity index (χ1v) is 6.52. The van der Waals surface area contributed by atoms with Gasteiger partial charge < -0.3 is 4.90 Å². The molecule has 1 aliphatic rings. The van der Waals surface area contributed by atoms with E-state index in [-0.39, 0.29) is 5.91 Å². The first-order valence-electron chi connectivity index (χ1n) is 6.14. The topological polar surface area (TPSA) is 61.9 Å². The highest BCUT2D eigenvalue weighted by Crippen LogP contribution is 2.29. The van der Waals surface area contributed by atoms with E-state index >= 15 is 0 Å². The summed E-state index contributed by atoms with van der Waals surface area (Å²) < 4.78 is 0. The van der Waals surface area contributed by atoms with Crippen LogP contribution in [0.5, 0.6) is 0 Å². The molecule has 0 unspecified atom stereocenters. The SMILES string of the molecule is O=C(c1cn[nH]n1)N1CC[C@H](c2cccc(Cl)c2)C1. The number of aromatic nitrogens is 3. The number of likely N-dealkylation sites (tertiary alicyclic amines) is 1. The average molecular weight is 277 g/mol. The van der Waals surface area contributed by atoms with E-state index in [1.54, 1.807) is 0 Å². The highest BCUT2D eigenvalue weighted by atomic mass is 35.5. The molecule has 1 aromatic heterocycles. The molecule has 1 atom stereocenters. The minimum atomic E-state index is -0.0710. The number of halogens is 1. The van der Waals surface area contributed by atoms with Crippen LogP contribution in [0.15, 0.2) is 30.5 Å². The smallest absolute Gasteiger partial charge is 0.276 e. The lowest BCUT2D eigenvalue weighted by Crippen LogP contribution is -2.28. The Labute approximate surface area is 115 Å². The van der Waals surface area contributed by atoms with Gasteiger partial charge in [0.15, 0.2) is 5.69 Å². The molecular formula is C13H13ClN4O. The number of rotatable bonds is 2. The quantitative estimate of drug-likeness (QED) is 0.913. The van der Waals surface area contributed by atoms with Crippen molar-refractivity contribution in [2.45, 2.75) is 12.3 Å². The lowest BCUT2D eigenvalue weighted by molar-refractivity contribution is 0.0785. The van der Waals surface area contributed by atoms with Crippen molar-refractivity contribution in [2.75, 3.05) is 13.1 Å². The third kappa shape index (κ3) is 2.46. The van der Waals surface area contributed by atoms with Crippen LogP contribution in [0.4, 0.5) is 0 Å². The van der Waals surface area contributed by atoms with Gasteiger partial charge in [0.1, 0.15) is 0 Å². The van der Waals surface area contributed by atoms with Crippen LogP contribution in [-0.2, 0) is 0 Å². The number of H-pyrrole nitrogens is 1. The molecule has 0 saturated carbocycles. The third-order valence-corrected chi connectivity index (χ3v) is 3.66. The van der Waals surface area contributed by atoms with Crippen molar-refractivity contribution >= 4 is 17.5 Å². The molecule has 0 aliphatic carbocycles. The van der Waals surface area contributed by atoms with Gasteiger partial charge in [-0.25, -0.2) is 0 Å². The highest BCUT2D eigenvalue weighted by molar-refractivity contribution is 6.30. The van der Waals surface area contributed by atoms with E-state index in [0.717, 1.165) is 18.0 Å². The van der Waals surface area contributed by atoms with Crippen molar-refractivity contribution in [1.82, 2.24) is 20.3 Å². The minimum Gasteiger partial charge on any atom is -0.337 e. The summed E-state index contributed by atoms with van der Waals surface area (Å²) in [5.74, 6) is 0.271. The highest BCUT2D eigenvalue weighted by Gasteiger charge is 2.29. The largest absolute Gasteiger partial charge is 0.337 e. The van der Waals surface area contributed by atoms with Gasteiger partial charge in [0.05, 0.1) is 6.20 Å². The maximum atomic E-state index is 12.1. The summed E-state index contributed by atoms with van der Waals surface area (Å²) in [4.78, 5) is 13.9. The molecule has 5 nitrogen and oxygen atoms in total. The van der Waals surface area contributed by atoms with Gasteiger partial charge in [0, 0.05) is 24.0 Å². The van der Waals surface area contributed by atoms with Gasteiger partial charge >= 0.3 is 0 Å². The maximum absolute atomic E-state index is 12.1. The Kier molecular flexibility index (Phi) is 3.21. The molecule has 1 aromatic carbocycles. The molecule has 1 aliphatic heterocycles. The second kappa shape index (κ2) is 5.01. The van der Waals surface area contributed by atoms with Gasteiger partial charge in [-0.3, -0.25) is 4.79 Å². The Morgan fingerprint density at radius 3 is 3.11 bits per heavy atom. The fourth-order valence-electron chi connectivity index (χ4n) is 2.44. The predicted octanol–water partition coefficient (Wildman–Crippen LogP) is 2.09. The second-order valence-corrected chi connectivity index (χ2v) is 5.08. The van der Waals surface area contributed by atoms with Gasteiger partial charge in [-0.2, -0.15) is 15.4 Å². The fraction of sp³-hybridized carbons (Fsp3) is 0.308. The molecule has 19 heavy (non-hydrogen) atoms. The van der Waals surface area contributed by atoms with E-state index in [1.165, 1.54) is 11.8 Å². The van der Waals surface area contributed by atoms with Gasteiger partial charge in [0.25, 0.3) is 5.91 Å². The molecule has 1 N–H and O–H groups in total. The van der Waals surface area contributed by atoms with Crippen molar-refractivity contribution < 1.29 is 4.79 Å². The number of amides is 1. The number of hydrogen-bond acceptors (Lipinski definition) is 3. The zero-order valence-electron chi connectivity index (χ0n) is 10.2. The van der Waals surface area contributed by atoms with Crippen LogP contribution in [-0.4, -0.2) is 39.3 Å². The number of aromatic amines is 1. The molecule has 3 rings (SSSR count). The Morgan fingerprint density at radius 2 is 2.37 bits per heavy atom. The number of nitrogens with one attached hydrogen (secondary N) is 1. The summed E-state index contributed by atoms with van der Waals surface area (Å²) >= 11 is 6.00. The second-order valence-electron chi connectivity index (χ2n) is 4.65. The lowest BCUT2D eigenvalue weighted by atomic mass is 9.99. The summed E-state index contributed by atoms with van der Waals surface area (Å²) in [6.07, 6.45) is 2.40. The van der Waals surface area contributed by atoms with Crippen LogP contribution < -0.4 is 0 Å². The molecule has 6 heteroatoms. The van der Waals surface area contributed by atoms with E-state index < -0.39 is 0 Å². The van der Waals surface area contributed by atoms with Crippen LogP contribution in [0.1, 0.15) is 28.4 Å². The molecule has 2 aromatic rings. The van der Waals surface area contributed by atoms with E-state index in [1.807, 2.05) is 23.1 Å². The minimum absolute atomic E-state index is 0.0710. The summed E-state index contributed by atoms with van der Waals surface area (Å²) in [6.45, 7) is 1.44. The van der Waals surface area contributed by atoms with Crippen molar-refractivity contribution in [1.29, 1.82) is 0 Å². The van der Waals surface area contributed by atoms with Crippen LogP contribution in [0.2, 0.25) is 5.02 Å². The summed E-state index contributed by atoms with van der Waals surface area (Å²) in [7, 11) is 0. The molecule has 0 radical (unpaired) electrons. The predicted molar refractivity (Wildman–Crippen MR) is 71.1 cm³/mol. The van der Waals surface area contributed by atoms with E-state index in [0.29, 0.717) is 18.2 Å². The van der Waals surface area contributed by atoms with Crippen molar-refractivity contribution in [3.63, 3.8) is 0 Å². The lowest BCUT2D eigenvalue weighted by Gasteiger charge is -2.15. The van der Waals surface area contributed by atoms with Crippen molar-refractivity contribution in [3.8, 4) is 0 Å². The summed E-state index contributed by atoms with van der Waals surface area (Å²) in [5.41, 5.74) is 1.55. The van der Waals surface area contributed by atoms with Crippen LogP contribution in [0, 0.1) is 0 Å². The zero-order chi connectivity index (χ0) is 13.2. The standard InChI is InChI=1S/C13H13ClN4O/c14-11-3-1-2-9(6-11)10-4-5-18(8-10)13(19)12-7-15-17-16-12/h1-3,6-7,10H,4-5,8H2,(H,15,16,17)/t10-/m0/s1. The molecular weight excluding hydrogens is 264 g/mol. The Balaban J connectivity index is 1.72. The molecule has 0 spiro atoms. The van der Waals surface area contributed by atoms with Gasteiger partial charge in [-0.1, -0.05) is 23.7 Å². The van der Waals surface area contributed by atoms with E-state index in [4.69, 9.17) is 11.6 Å². The normalized spacial score (nSPS) is 18.8. The molecule has 98 valence electrons. The summed E-state index contributed by atoms with van der Waals surface area (Å²) in [6, 6.07) is 7.83. The number of carbonyl (C=O) groups excluding carboxylic acids is 1. The van der Waals surface area contributed by atoms with Crippen molar-refractivity contribution in [3.05, 3.63) is 46.7 Å². The van der Waals surface area contributed by atoms with Gasteiger partial charge in [-0.05, 0) is 24.1 Å². The number of carbonyl (C=O) groups is 1. The molecule has 0 bridgehead atoms. The van der Waals surface area contributed by atoms with Crippen LogP contribution in [0.25, 0.3) is 0 Å². The van der Waals surface area contributed by atoms with E-state index in [2.05, 4.69) is 21.5 Å². The number of nitrogens with zero attached hydrogens (tertiary/aromatic N) is 3. The third-order valence-electron chi connectivity index (χ3n) is 3.43. The molecule has 1 saturated heterocycles. The van der Waals surface area contributed by atoms with Gasteiger partial charge in [-0.15, -0.1) is 0 Å². The summed E-state index contributed by atoms with van der Waals surface area (Å²) in [5, 5.41) is 10.7. The van der Waals surface area contributed by atoms with Crippen LogP contribution in [0.3, 0.4) is 0 Å². The number of hydrogen-bond donors (Lipinski definition) is 1. The van der Waals surface area contributed by atoms with Gasteiger partial charge in [0.2, 0.25) is 0 Å². The zero-order valence-corrected chi connectivity index (χ0v) is 11.0. The fourth-order valence-corrected chi connectivity index (χ4v) is 2.64. The Morgan fingerprint density at radius 1 is 1.47 bits per heavy atom. The molecule has 1 fully saturated rings. The average Bonchev–Trinajstić information content (AvgIpc) is 3.10. The monoisotopic (exact) mass is 276 g/mol. The molecule has 1 amide bonds. The Hall–Kier alpha value is -1.88. The Bertz CT molecular complexity index is 584. The molecule has 2 heterocycles. The van der Waals surface area contributed by atoms with Crippen LogP contribution >= 0.6 is 11.6 Å². The maximum Gasteiger partial charge on any atom is 0.276 e.